The Kier molecular flexibility index (Phi) is 7.62. The molecule has 0 atom stereocenters. The third-order valence-electron chi connectivity index (χ3n) is 6.63. The number of anilines is 1. The smallest absolute Gasteiger partial charge is 0.238 e. The zero-order chi connectivity index (χ0) is 23.2. The monoisotopic (exact) mass is 450 g/mol. The number of nitrogens with zero attached hydrogens (tertiary/aromatic N) is 3. The molecule has 4 rings (SSSR count). The maximum atomic E-state index is 12.9. The topological polar surface area (TPSA) is 65.1 Å². The molecule has 0 radical (unpaired) electrons. The van der Waals surface area contributed by atoms with Gasteiger partial charge in [-0.25, -0.2) is 0 Å². The van der Waals surface area contributed by atoms with Gasteiger partial charge in [0, 0.05) is 45.0 Å². The number of piperazine rings is 1. The number of fused-ring (bicyclic) bond motifs is 1. The molecule has 0 saturated carbocycles. The quantitative estimate of drug-likeness (QED) is 0.702. The van der Waals surface area contributed by atoms with Gasteiger partial charge in [-0.15, -0.1) is 0 Å². The van der Waals surface area contributed by atoms with E-state index in [0.717, 1.165) is 42.9 Å². The second kappa shape index (κ2) is 10.8. The Morgan fingerprint density at radius 3 is 2.48 bits per heavy atom. The molecule has 0 bridgehead atoms. The van der Waals surface area contributed by atoms with E-state index in [9.17, 15) is 9.59 Å². The molecule has 0 aromatic heterocycles. The summed E-state index contributed by atoms with van der Waals surface area (Å²) in [6.45, 7) is 7.30. The molecule has 0 spiro atoms. The Labute approximate surface area is 196 Å². The van der Waals surface area contributed by atoms with E-state index in [1.54, 1.807) is 7.11 Å². The number of carbonyl (C=O) groups excluding carboxylic acids is 2. The molecular weight excluding hydrogens is 416 g/mol. The van der Waals surface area contributed by atoms with Gasteiger partial charge in [0.05, 0.1) is 20.2 Å². The van der Waals surface area contributed by atoms with Gasteiger partial charge in [0.1, 0.15) is 5.75 Å². The predicted octanol–water partition coefficient (Wildman–Crippen LogP) is 2.40. The molecular formula is C26H34N4O3. The summed E-state index contributed by atoms with van der Waals surface area (Å²) in [5.74, 6) is 1.03. The molecule has 2 heterocycles. The van der Waals surface area contributed by atoms with Crippen LogP contribution in [-0.2, 0) is 29.0 Å². The van der Waals surface area contributed by atoms with Crippen molar-refractivity contribution < 1.29 is 14.3 Å². The van der Waals surface area contributed by atoms with E-state index in [1.807, 2.05) is 35.2 Å². The van der Waals surface area contributed by atoms with Crippen molar-refractivity contribution in [1.29, 1.82) is 0 Å². The third kappa shape index (κ3) is 5.92. The average molecular weight is 451 g/mol. The first-order chi connectivity index (χ1) is 16.1. The third-order valence-corrected chi connectivity index (χ3v) is 6.63. The molecule has 1 N–H and O–H groups in total. The summed E-state index contributed by atoms with van der Waals surface area (Å²) in [5, 5.41) is 3.04. The molecule has 2 aromatic carbocycles. The highest BCUT2D eigenvalue weighted by molar-refractivity contribution is 5.93. The first kappa shape index (κ1) is 23.3. The lowest BCUT2D eigenvalue weighted by molar-refractivity contribution is -0.134. The van der Waals surface area contributed by atoms with Crippen molar-refractivity contribution in [2.45, 2.75) is 26.3 Å². The average Bonchev–Trinajstić information content (AvgIpc) is 2.84. The van der Waals surface area contributed by atoms with E-state index in [-0.39, 0.29) is 11.8 Å². The van der Waals surface area contributed by atoms with Crippen molar-refractivity contribution in [3.63, 3.8) is 0 Å². The van der Waals surface area contributed by atoms with E-state index < -0.39 is 0 Å². The van der Waals surface area contributed by atoms with Crippen molar-refractivity contribution in [3.05, 3.63) is 59.2 Å². The number of rotatable bonds is 7. The fourth-order valence-electron chi connectivity index (χ4n) is 4.64. The van der Waals surface area contributed by atoms with Crippen LogP contribution >= 0.6 is 0 Å². The molecule has 2 aliphatic heterocycles. The van der Waals surface area contributed by atoms with Crippen molar-refractivity contribution >= 4 is 17.5 Å². The molecule has 0 unspecified atom stereocenters. The van der Waals surface area contributed by atoms with Gasteiger partial charge in [-0.3, -0.25) is 19.4 Å². The van der Waals surface area contributed by atoms with Crippen LogP contribution in [0.15, 0.2) is 42.5 Å². The molecule has 1 fully saturated rings. The number of aryl methyl sites for hydroxylation is 1. The Hall–Kier alpha value is -2.90. The lowest BCUT2D eigenvalue weighted by Crippen LogP contribution is -2.52. The van der Waals surface area contributed by atoms with Gasteiger partial charge in [0.25, 0.3) is 0 Å². The highest BCUT2D eigenvalue weighted by Gasteiger charge is 2.25. The predicted molar refractivity (Wildman–Crippen MR) is 129 cm³/mol. The number of para-hydroxylation sites is 1. The van der Waals surface area contributed by atoms with Gasteiger partial charge >= 0.3 is 0 Å². The molecule has 176 valence electrons. The van der Waals surface area contributed by atoms with Crippen LogP contribution in [0.3, 0.4) is 0 Å². The number of methoxy groups -OCH3 is 1. The molecule has 0 aliphatic carbocycles. The van der Waals surface area contributed by atoms with Crippen LogP contribution in [0, 0.1) is 0 Å². The summed E-state index contributed by atoms with van der Waals surface area (Å²) in [5.41, 5.74) is 4.61. The minimum absolute atomic E-state index is 0.00177. The number of amides is 2. The summed E-state index contributed by atoms with van der Waals surface area (Å²) in [6.07, 6.45) is 1.84. The fraction of sp³-hybridized carbons (Fsp3) is 0.462. The Balaban J connectivity index is 1.22. The van der Waals surface area contributed by atoms with Crippen molar-refractivity contribution in [3.8, 4) is 5.75 Å². The van der Waals surface area contributed by atoms with Gasteiger partial charge < -0.3 is 15.0 Å². The van der Waals surface area contributed by atoms with Crippen molar-refractivity contribution in [2.75, 3.05) is 58.2 Å². The highest BCUT2D eigenvalue weighted by atomic mass is 16.5. The normalized spacial score (nSPS) is 16.8. The molecule has 7 heteroatoms. The van der Waals surface area contributed by atoms with Crippen molar-refractivity contribution in [2.24, 2.45) is 0 Å². The second-order valence-electron chi connectivity index (χ2n) is 8.81. The molecule has 1 saturated heterocycles. The zero-order valence-electron chi connectivity index (χ0n) is 19.7. The zero-order valence-corrected chi connectivity index (χ0v) is 19.7. The maximum Gasteiger partial charge on any atom is 0.238 e. The van der Waals surface area contributed by atoms with Crippen LogP contribution in [0.4, 0.5) is 5.69 Å². The van der Waals surface area contributed by atoms with Crippen LogP contribution in [0.1, 0.15) is 23.6 Å². The van der Waals surface area contributed by atoms with Gasteiger partial charge in [-0.05, 0) is 47.7 Å². The summed E-state index contributed by atoms with van der Waals surface area (Å²) in [7, 11) is 1.68. The summed E-state index contributed by atoms with van der Waals surface area (Å²) < 4.78 is 5.35. The number of hydrogen-bond donors (Lipinski definition) is 1. The van der Waals surface area contributed by atoms with Crippen LogP contribution < -0.4 is 10.1 Å². The minimum Gasteiger partial charge on any atom is -0.497 e. The number of hydrogen-bond acceptors (Lipinski definition) is 5. The lowest BCUT2D eigenvalue weighted by Gasteiger charge is -2.36. The van der Waals surface area contributed by atoms with E-state index >= 15 is 0 Å². The molecule has 33 heavy (non-hydrogen) atoms. The van der Waals surface area contributed by atoms with E-state index in [4.69, 9.17) is 4.74 Å². The molecule has 7 nitrogen and oxygen atoms in total. The minimum atomic E-state index is -0.00177. The molecule has 2 aliphatic rings. The van der Waals surface area contributed by atoms with Crippen LogP contribution in [-0.4, -0.2) is 79.4 Å². The molecule has 2 aromatic rings. The largest absolute Gasteiger partial charge is 0.497 e. The van der Waals surface area contributed by atoms with Gasteiger partial charge in [0.15, 0.2) is 0 Å². The van der Waals surface area contributed by atoms with Crippen LogP contribution in [0.25, 0.3) is 0 Å². The maximum absolute atomic E-state index is 12.9. The standard InChI is InChI=1S/C26H34N4O3/c1-3-20-6-4-5-7-24(20)27-25(31)18-28-12-14-30(15-13-28)26(32)19-29-11-10-21-8-9-23(33-2)16-22(21)17-29/h4-9,16H,3,10-15,17-19H2,1-2H3,(H,27,31). The Morgan fingerprint density at radius 1 is 0.939 bits per heavy atom. The Morgan fingerprint density at radius 2 is 1.73 bits per heavy atom. The van der Waals surface area contributed by atoms with Crippen LogP contribution in [0.2, 0.25) is 0 Å². The fourth-order valence-corrected chi connectivity index (χ4v) is 4.64. The summed E-state index contributed by atoms with van der Waals surface area (Å²) >= 11 is 0. The van der Waals surface area contributed by atoms with E-state index in [2.05, 4.69) is 34.2 Å². The number of carbonyl (C=O) groups is 2. The Bertz CT molecular complexity index is 985. The number of benzene rings is 2. The lowest BCUT2D eigenvalue weighted by atomic mass is 9.99. The summed E-state index contributed by atoms with van der Waals surface area (Å²) in [4.78, 5) is 31.7. The van der Waals surface area contributed by atoms with Gasteiger partial charge in [-0.2, -0.15) is 0 Å². The second-order valence-corrected chi connectivity index (χ2v) is 8.81. The summed E-state index contributed by atoms with van der Waals surface area (Å²) in [6, 6.07) is 14.1. The van der Waals surface area contributed by atoms with E-state index in [0.29, 0.717) is 39.3 Å². The SMILES string of the molecule is CCc1ccccc1NC(=O)CN1CCN(C(=O)CN2CCc3ccc(OC)cc3C2)CC1. The first-order valence-electron chi connectivity index (χ1n) is 11.8. The van der Waals surface area contributed by atoms with Gasteiger partial charge in [0.2, 0.25) is 11.8 Å². The first-order valence-corrected chi connectivity index (χ1v) is 11.8. The van der Waals surface area contributed by atoms with Crippen LogP contribution in [0.5, 0.6) is 5.75 Å². The van der Waals surface area contributed by atoms with Crippen molar-refractivity contribution in [1.82, 2.24) is 14.7 Å². The number of nitrogens with one attached hydrogen (secondary N) is 1. The van der Waals surface area contributed by atoms with E-state index in [1.165, 1.54) is 11.1 Å². The highest BCUT2D eigenvalue weighted by Crippen LogP contribution is 2.24. The number of ether oxygens (including phenoxy) is 1. The molecule has 2 amide bonds. The van der Waals surface area contributed by atoms with Gasteiger partial charge in [-0.1, -0.05) is 31.2 Å².